The number of Topliss-reactive ketones (excluding diaryl/α,β-unsaturated/α-hetero) is 1. The lowest BCUT2D eigenvalue weighted by atomic mass is 10.0. The molecule has 0 unspecified atom stereocenters. The van der Waals surface area contributed by atoms with Gasteiger partial charge in [0, 0.05) is 19.5 Å². The van der Waals surface area contributed by atoms with E-state index in [0.717, 1.165) is 27.9 Å². The Hall–Kier alpha value is -2.79. The van der Waals surface area contributed by atoms with Gasteiger partial charge in [-0.2, -0.15) is 13.2 Å². The molecule has 7 nitrogen and oxygen atoms in total. The molecule has 0 amide bonds. The van der Waals surface area contributed by atoms with E-state index < -0.39 is 29.6 Å². The zero-order valence-corrected chi connectivity index (χ0v) is 20.1. The van der Waals surface area contributed by atoms with Gasteiger partial charge in [-0.25, -0.2) is 9.97 Å². The zero-order chi connectivity index (χ0) is 24.7. The average Bonchev–Trinajstić information content (AvgIpc) is 3.56. The predicted octanol–water partition coefficient (Wildman–Crippen LogP) is 3.92. The summed E-state index contributed by atoms with van der Waals surface area (Å²) in [6, 6.07) is 8.74. The van der Waals surface area contributed by atoms with E-state index in [2.05, 4.69) is 9.97 Å². The van der Waals surface area contributed by atoms with Crippen molar-refractivity contribution in [3.05, 3.63) is 52.1 Å². The van der Waals surface area contributed by atoms with Crippen molar-refractivity contribution < 1.29 is 18.0 Å². The van der Waals surface area contributed by atoms with Crippen molar-refractivity contribution in [2.45, 2.75) is 50.4 Å². The highest BCUT2D eigenvalue weighted by molar-refractivity contribution is 7.21. The third kappa shape index (κ3) is 4.71. The predicted molar refractivity (Wildman–Crippen MR) is 128 cm³/mol. The van der Waals surface area contributed by atoms with E-state index in [1.54, 1.807) is 0 Å². The molecule has 2 fully saturated rings. The number of alkyl halides is 3. The number of rotatable bonds is 6. The molecule has 0 spiro atoms. The van der Waals surface area contributed by atoms with E-state index in [9.17, 15) is 22.8 Å². The Labute approximate surface area is 204 Å². The molecule has 2 aliphatic heterocycles. The molecule has 3 aromatic rings. The number of aromatic nitrogens is 3. The van der Waals surface area contributed by atoms with E-state index >= 15 is 0 Å². The summed E-state index contributed by atoms with van der Waals surface area (Å²) in [7, 11) is 1.81. The minimum Gasteiger partial charge on any atom is -0.338 e. The van der Waals surface area contributed by atoms with Crippen LogP contribution in [0.25, 0.3) is 10.3 Å². The molecule has 2 aromatic heterocycles. The van der Waals surface area contributed by atoms with Crippen molar-refractivity contribution in [3.63, 3.8) is 0 Å². The Kier molecular flexibility index (Phi) is 6.39. The molecule has 2 saturated heterocycles. The van der Waals surface area contributed by atoms with Crippen LogP contribution in [-0.4, -0.2) is 57.9 Å². The van der Waals surface area contributed by atoms with Gasteiger partial charge in [-0.05, 0) is 44.8 Å². The van der Waals surface area contributed by atoms with Crippen LogP contribution in [0.3, 0.4) is 0 Å². The molecular formula is C24H26F3N5O2S. The lowest BCUT2D eigenvalue weighted by molar-refractivity contribution is -0.148. The first-order chi connectivity index (χ1) is 16.7. The first-order valence-electron chi connectivity index (χ1n) is 11.7. The van der Waals surface area contributed by atoms with E-state index in [1.807, 2.05) is 47.2 Å². The standard InChI is InChI=1S/C24H26F3N5O2S/c1-30-13-11-16(14-30)32-21(34)19-20(29-22(32)24(25,26)27)35-23(28-19)31-12-5-8-17(31)18(33)10-9-15-6-3-2-4-7-15/h2-4,6-7,16-17H,5,8-14H2,1H3/t16-,17-/m1/s1. The number of fused-ring (bicyclic) bond motifs is 1. The molecule has 0 bridgehead atoms. The minimum atomic E-state index is -4.76. The van der Waals surface area contributed by atoms with Gasteiger partial charge < -0.3 is 9.80 Å². The summed E-state index contributed by atoms with van der Waals surface area (Å²) in [4.78, 5) is 38.3. The van der Waals surface area contributed by atoms with Crippen LogP contribution in [0.1, 0.15) is 43.1 Å². The normalized spacial score (nSPS) is 21.3. The lowest BCUT2D eigenvalue weighted by Gasteiger charge is -2.22. The molecule has 0 N–H and O–H groups in total. The maximum Gasteiger partial charge on any atom is 0.449 e. The van der Waals surface area contributed by atoms with Crippen LogP contribution in [0, 0.1) is 0 Å². The number of likely N-dealkylation sites (N-methyl/N-ethyl adjacent to an activating group) is 1. The monoisotopic (exact) mass is 505 g/mol. The van der Waals surface area contributed by atoms with Crippen LogP contribution in [0.4, 0.5) is 18.3 Å². The largest absolute Gasteiger partial charge is 0.449 e. The second-order valence-corrected chi connectivity index (χ2v) is 10.2. The van der Waals surface area contributed by atoms with Crippen LogP contribution >= 0.6 is 11.3 Å². The minimum absolute atomic E-state index is 0.0395. The van der Waals surface area contributed by atoms with Gasteiger partial charge >= 0.3 is 6.18 Å². The number of benzene rings is 1. The van der Waals surface area contributed by atoms with Gasteiger partial charge in [0.1, 0.15) is 0 Å². The molecule has 0 radical (unpaired) electrons. The van der Waals surface area contributed by atoms with Gasteiger partial charge in [-0.1, -0.05) is 41.7 Å². The van der Waals surface area contributed by atoms with Crippen molar-refractivity contribution >= 4 is 32.6 Å². The number of hydrogen-bond acceptors (Lipinski definition) is 7. The third-order valence-corrected chi connectivity index (χ3v) is 7.80. The van der Waals surface area contributed by atoms with Crippen molar-refractivity contribution in [1.29, 1.82) is 0 Å². The molecule has 0 saturated carbocycles. The van der Waals surface area contributed by atoms with Gasteiger partial charge in [0.05, 0.1) is 12.1 Å². The molecule has 35 heavy (non-hydrogen) atoms. The number of anilines is 1. The van der Waals surface area contributed by atoms with Crippen LogP contribution in [0.2, 0.25) is 0 Å². The quantitative estimate of drug-likeness (QED) is 0.506. The lowest BCUT2D eigenvalue weighted by Crippen LogP contribution is -2.36. The molecule has 2 atom stereocenters. The van der Waals surface area contributed by atoms with Gasteiger partial charge in [0.15, 0.2) is 21.3 Å². The summed E-state index contributed by atoms with van der Waals surface area (Å²) in [5.74, 6) is -1.11. The fourth-order valence-corrected chi connectivity index (χ4v) is 6.08. The Balaban J connectivity index is 1.46. The second kappa shape index (κ2) is 9.34. The number of nitrogens with zero attached hydrogens (tertiary/aromatic N) is 5. The van der Waals surface area contributed by atoms with Crippen LogP contribution in [0.5, 0.6) is 0 Å². The first-order valence-corrected chi connectivity index (χ1v) is 12.6. The SMILES string of the molecule is CN1CC[C@@H](n2c(C(F)(F)F)nc3sc(N4CCC[C@@H]4C(=O)CCc4ccccc4)nc3c2=O)C1. The average molecular weight is 506 g/mol. The number of hydrogen-bond donors (Lipinski definition) is 0. The third-order valence-electron chi connectivity index (χ3n) is 6.81. The maximum absolute atomic E-state index is 13.9. The van der Waals surface area contributed by atoms with Gasteiger partial charge in [-0.15, -0.1) is 0 Å². The van der Waals surface area contributed by atoms with E-state index in [0.29, 0.717) is 50.4 Å². The van der Waals surface area contributed by atoms with Crippen LogP contribution in [-0.2, 0) is 17.4 Å². The number of thiazole rings is 1. The number of carbonyl (C=O) groups is 1. The van der Waals surface area contributed by atoms with E-state index in [1.165, 1.54) is 0 Å². The summed E-state index contributed by atoms with van der Waals surface area (Å²) in [5, 5.41) is 0.384. The number of carbonyl (C=O) groups excluding carboxylic acids is 1. The first kappa shape index (κ1) is 23.9. The number of aryl methyl sites for hydroxylation is 1. The molecule has 4 heterocycles. The van der Waals surface area contributed by atoms with Gasteiger partial charge in [-0.3, -0.25) is 14.2 Å². The van der Waals surface area contributed by atoms with Crippen LogP contribution in [0.15, 0.2) is 35.1 Å². The number of ketones is 1. The molecule has 0 aliphatic carbocycles. The summed E-state index contributed by atoms with van der Waals surface area (Å²) < 4.78 is 42.5. The summed E-state index contributed by atoms with van der Waals surface area (Å²) in [6.45, 7) is 1.52. The van der Waals surface area contributed by atoms with E-state index in [-0.39, 0.29) is 16.1 Å². The maximum atomic E-state index is 13.9. The van der Waals surface area contributed by atoms with Crippen molar-refractivity contribution in [2.24, 2.45) is 0 Å². The smallest absolute Gasteiger partial charge is 0.338 e. The van der Waals surface area contributed by atoms with Crippen molar-refractivity contribution in [1.82, 2.24) is 19.4 Å². The van der Waals surface area contributed by atoms with Gasteiger partial charge in [0.25, 0.3) is 5.56 Å². The molecule has 1 aromatic carbocycles. The fourth-order valence-electron chi connectivity index (χ4n) is 5.07. The summed E-state index contributed by atoms with van der Waals surface area (Å²) in [5.41, 5.74) is 0.249. The highest BCUT2D eigenvalue weighted by atomic mass is 32.1. The Morgan fingerprint density at radius 2 is 1.91 bits per heavy atom. The van der Waals surface area contributed by atoms with Gasteiger partial charge in [0.2, 0.25) is 5.82 Å². The Morgan fingerprint density at radius 1 is 1.14 bits per heavy atom. The van der Waals surface area contributed by atoms with E-state index in [4.69, 9.17) is 0 Å². The van der Waals surface area contributed by atoms with Crippen LogP contribution < -0.4 is 10.5 Å². The molecule has 2 aliphatic rings. The Bertz CT molecular complexity index is 1290. The molecular weight excluding hydrogens is 479 g/mol. The summed E-state index contributed by atoms with van der Waals surface area (Å²) in [6.07, 6.45) is -1.90. The number of halogens is 3. The molecule has 186 valence electrons. The molecule has 11 heteroatoms. The molecule has 5 rings (SSSR count). The fraction of sp³-hybridized carbons (Fsp3) is 0.500. The van der Waals surface area contributed by atoms with Crippen molar-refractivity contribution in [3.8, 4) is 0 Å². The summed E-state index contributed by atoms with van der Waals surface area (Å²) >= 11 is 0.954. The number of likely N-dealkylation sites (tertiary alicyclic amines) is 1. The van der Waals surface area contributed by atoms with Crippen molar-refractivity contribution in [2.75, 3.05) is 31.6 Å². The highest BCUT2D eigenvalue weighted by Crippen LogP contribution is 2.36. The highest BCUT2D eigenvalue weighted by Gasteiger charge is 2.41. The Morgan fingerprint density at radius 3 is 2.60 bits per heavy atom. The second-order valence-electron chi connectivity index (χ2n) is 9.27. The topological polar surface area (TPSA) is 71.3 Å². The zero-order valence-electron chi connectivity index (χ0n) is 19.3.